The lowest BCUT2D eigenvalue weighted by atomic mass is 10.1. The number of aromatic nitrogens is 1. The second-order valence-corrected chi connectivity index (χ2v) is 7.10. The van der Waals surface area contributed by atoms with Crippen molar-refractivity contribution in [3.63, 3.8) is 0 Å². The predicted molar refractivity (Wildman–Crippen MR) is 101 cm³/mol. The van der Waals surface area contributed by atoms with E-state index in [0.29, 0.717) is 24.7 Å². The second-order valence-electron chi connectivity index (χ2n) is 6.67. The Labute approximate surface area is 158 Å². The highest BCUT2D eigenvalue weighted by atomic mass is 35.5. The van der Waals surface area contributed by atoms with E-state index in [2.05, 4.69) is 4.98 Å². The van der Waals surface area contributed by atoms with Crippen molar-refractivity contribution in [2.75, 3.05) is 20.1 Å². The molecule has 2 amide bonds. The van der Waals surface area contributed by atoms with Gasteiger partial charge in [-0.2, -0.15) is 0 Å². The molecule has 136 valence electrons. The number of hydrogen-bond acceptors (Lipinski definition) is 3. The Kier molecular flexibility index (Phi) is 5.89. The summed E-state index contributed by atoms with van der Waals surface area (Å²) in [5.41, 5.74) is 2.16. The lowest BCUT2D eigenvalue weighted by molar-refractivity contribution is -0.134. The Bertz CT molecular complexity index is 764. The average molecular weight is 372 g/mol. The van der Waals surface area contributed by atoms with Gasteiger partial charge in [0.1, 0.15) is 0 Å². The SMILES string of the molecule is CN(CCc1ccncc1)C(=O)C1CC(=O)N(Cc2ccc(Cl)cc2)C1. The fraction of sp³-hybridized carbons (Fsp3) is 0.350. The van der Waals surface area contributed by atoms with Crippen LogP contribution in [0.15, 0.2) is 48.8 Å². The van der Waals surface area contributed by atoms with Gasteiger partial charge in [0.2, 0.25) is 11.8 Å². The largest absolute Gasteiger partial charge is 0.345 e. The van der Waals surface area contributed by atoms with Gasteiger partial charge < -0.3 is 9.80 Å². The van der Waals surface area contributed by atoms with Gasteiger partial charge in [0.25, 0.3) is 0 Å². The van der Waals surface area contributed by atoms with Crippen molar-refractivity contribution < 1.29 is 9.59 Å². The minimum Gasteiger partial charge on any atom is -0.345 e. The van der Waals surface area contributed by atoms with Gasteiger partial charge in [-0.1, -0.05) is 23.7 Å². The molecule has 1 fully saturated rings. The van der Waals surface area contributed by atoms with Crippen LogP contribution >= 0.6 is 11.6 Å². The third-order valence-corrected chi connectivity index (χ3v) is 4.96. The Balaban J connectivity index is 1.53. The standard InChI is InChI=1S/C20H22ClN3O2/c1-23(11-8-15-6-9-22-10-7-15)20(26)17-12-19(25)24(14-17)13-16-2-4-18(21)5-3-16/h2-7,9-10,17H,8,11-14H2,1H3. The average Bonchev–Trinajstić information content (AvgIpc) is 3.02. The molecule has 0 spiro atoms. The van der Waals surface area contributed by atoms with E-state index in [4.69, 9.17) is 11.6 Å². The number of halogens is 1. The van der Waals surface area contributed by atoms with Crippen molar-refractivity contribution in [2.45, 2.75) is 19.4 Å². The highest BCUT2D eigenvalue weighted by Crippen LogP contribution is 2.22. The van der Waals surface area contributed by atoms with Gasteiger partial charge in [-0.15, -0.1) is 0 Å². The van der Waals surface area contributed by atoms with Crippen molar-refractivity contribution in [3.8, 4) is 0 Å². The van der Waals surface area contributed by atoms with Gasteiger partial charge in [0.05, 0.1) is 5.92 Å². The monoisotopic (exact) mass is 371 g/mol. The number of carbonyl (C=O) groups excluding carboxylic acids is 2. The van der Waals surface area contributed by atoms with Gasteiger partial charge in [-0.3, -0.25) is 14.6 Å². The molecule has 1 aliphatic heterocycles. The molecular formula is C20H22ClN3O2. The molecule has 0 saturated carbocycles. The summed E-state index contributed by atoms with van der Waals surface area (Å²) in [5.74, 6) is -0.205. The lowest BCUT2D eigenvalue weighted by Crippen LogP contribution is -2.35. The Morgan fingerprint density at radius 2 is 1.88 bits per heavy atom. The van der Waals surface area contributed by atoms with Crippen molar-refractivity contribution in [1.29, 1.82) is 0 Å². The molecule has 2 heterocycles. The van der Waals surface area contributed by atoms with Crippen molar-refractivity contribution in [1.82, 2.24) is 14.8 Å². The van der Waals surface area contributed by atoms with E-state index >= 15 is 0 Å². The van der Waals surface area contributed by atoms with E-state index in [1.807, 2.05) is 36.4 Å². The third-order valence-electron chi connectivity index (χ3n) is 4.71. The van der Waals surface area contributed by atoms with Gasteiger partial charge in [0, 0.05) is 50.5 Å². The molecule has 1 saturated heterocycles. The summed E-state index contributed by atoms with van der Waals surface area (Å²) in [6.45, 7) is 1.62. The maximum absolute atomic E-state index is 12.7. The number of nitrogens with zero attached hydrogens (tertiary/aromatic N) is 3. The van der Waals surface area contributed by atoms with Gasteiger partial charge in [-0.25, -0.2) is 0 Å². The molecule has 3 rings (SSSR count). The van der Waals surface area contributed by atoms with E-state index in [-0.39, 0.29) is 24.2 Å². The van der Waals surface area contributed by atoms with Crippen molar-refractivity contribution in [2.24, 2.45) is 5.92 Å². The number of likely N-dealkylation sites (tertiary alicyclic amines) is 1. The maximum atomic E-state index is 12.7. The molecule has 0 radical (unpaired) electrons. The molecular weight excluding hydrogens is 350 g/mol. The summed E-state index contributed by atoms with van der Waals surface area (Å²) < 4.78 is 0. The first-order valence-corrected chi connectivity index (χ1v) is 9.07. The fourth-order valence-electron chi connectivity index (χ4n) is 3.17. The summed E-state index contributed by atoms with van der Waals surface area (Å²) in [6.07, 6.45) is 4.56. The van der Waals surface area contributed by atoms with E-state index in [0.717, 1.165) is 17.5 Å². The van der Waals surface area contributed by atoms with Crippen LogP contribution in [0.2, 0.25) is 5.02 Å². The Hall–Kier alpha value is -2.40. The molecule has 0 aliphatic carbocycles. The van der Waals surface area contributed by atoms with Crippen LogP contribution in [0.1, 0.15) is 17.5 Å². The van der Waals surface area contributed by atoms with E-state index in [1.165, 1.54) is 0 Å². The minimum absolute atomic E-state index is 0.0285. The van der Waals surface area contributed by atoms with Crippen LogP contribution in [0.4, 0.5) is 0 Å². The van der Waals surface area contributed by atoms with Crippen LogP contribution in [0.3, 0.4) is 0 Å². The fourth-order valence-corrected chi connectivity index (χ4v) is 3.29. The molecule has 1 aromatic carbocycles. The number of hydrogen-bond donors (Lipinski definition) is 0. The van der Waals surface area contributed by atoms with Crippen molar-refractivity contribution in [3.05, 3.63) is 64.9 Å². The molecule has 1 aromatic heterocycles. The summed E-state index contributed by atoms with van der Waals surface area (Å²) >= 11 is 5.90. The Morgan fingerprint density at radius 3 is 2.58 bits per heavy atom. The zero-order chi connectivity index (χ0) is 18.5. The quantitative estimate of drug-likeness (QED) is 0.784. The van der Waals surface area contributed by atoms with Crippen molar-refractivity contribution >= 4 is 23.4 Å². The van der Waals surface area contributed by atoms with E-state index < -0.39 is 0 Å². The van der Waals surface area contributed by atoms with Crippen LogP contribution in [0.25, 0.3) is 0 Å². The first-order valence-electron chi connectivity index (χ1n) is 8.69. The zero-order valence-electron chi connectivity index (χ0n) is 14.8. The van der Waals surface area contributed by atoms with Crippen LogP contribution in [-0.4, -0.2) is 46.7 Å². The molecule has 6 heteroatoms. The summed E-state index contributed by atoms with van der Waals surface area (Å²) in [6, 6.07) is 11.3. The van der Waals surface area contributed by atoms with Crippen LogP contribution in [0, 0.1) is 5.92 Å². The topological polar surface area (TPSA) is 53.5 Å². The third kappa shape index (κ3) is 4.61. The van der Waals surface area contributed by atoms with Gasteiger partial charge >= 0.3 is 0 Å². The summed E-state index contributed by atoms with van der Waals surface area (Å²) in [7, 11) is 1.80. The predicted octanol–water partition coefficient (Wildman–Crippen LogP) is 2.78. The van der Waals surface area contributed by atoms with Gasteiger partial charge in [-0.05, 0) is 41.8 Å². The molecule has 26 heavy (non-hydrogen) atoms. The molecule has 0 N–H and O–H groups in total. The van der Waals surface area contributed by atoms with Crippen LogP contribution in [0.5, 0.6) is 0 Å². The Morgan fingerprint density at radius 1 is 1.19 bits per heavy atom. The smallest absolute Gasteiger partial charge is 0.227 e. The second kappa shape index (κ2) is 8.32. The summed E-state index contributed by atoms with van der Waals surface area (Å²) in [4.78, 5) is 32.4. The number of benzene rings is 1. The molecule has 1 aliphatic rings. The maximum Gasteiger partial charge on any atom is 0.227 e. The normalized spacial score (nSPS) is 16.8. The first-order chi connectivity index (χ1) is 12.5. The van der Waals surface area contributed by atoms with Gasteiger partial charge in [0.15, 0.2) is 0 Å². The van der Waals surface area contributed by atoms with E-state index in [9.17, 15) is 9.59 Å². The molecule has 1 unspecified atom stereocenters. The number of pyridine rings is 1. The summed E-state index contributed by atoms with van der Waals surface area (Å²) in [5, 5.41) is 0.672. The highest BCUT2D eigenvalue weighted by Gasteiger charge is 2.35. The minimum atomic E-state index is -0.266. The first kappa shape index (κ1) is 18.4. The number of carbonyl (C=O) groups is 2. The van der Waals surface area contributed by atoms with E-state index in [1.54, 1.807) is 29.2 Å². The highest BCUT2D eigenvalue weighted by molar-refractivity contribution is 6.30. The molecule has 5 nitrogen and oxygen atoms in total. The molecule has 0 bridgehead atoms. The number of rotatable bonds is 6. The zero-order valence-corrected chi connectivity index (χ0v) is 15.5. The van der Waals surface area contributed by atoms with Crippen LogP contribution < -0.4 is 0 Å². The molecule has 2 aromatic rings. The number of amides is 2. The number of likely N-dealkylation sites (N-methyl/N-ethyl adjacent to an activating group) is 1. The molecule has 1 atom stereocenters. The lowest BCUT2D eigenvalue weighted by Gasteiger charge is -2.21. The van der Waals surface area contributed by atoms with Crippen LogP contribution in [-0.2, 0) is 22.6 Å².